The largest absolute Gasteiger partial charge is 0.490 e. The van der Waals surface area contributed by atoms with Crippen molar-refractivity contribution in [3.8, 4) is 17.0 Å². The van der Waals surface area contributed by atoms with E-state index in [1.165, 1.54) is 5.56 Å². The van der Waals surface area contributed by atoms with Gasteiger partial charge in [0.15, 0.2) is 0 Å². The Labute approximate surface area is 220 Å². The average Bonchev–Trinajstić information content (AvgIpc) is 3.44. The molecule has 1 saturated carbocycles. The van der Waals surface area contributed by atoms with E-state index in [4.69, 9.17) is 9.84 Å². The fraction of sp³-hybridized carbons (Fsp3) is 0.379. The van der Waals surface area contributed by atoms with Crippen molar-refractivity contribution in [3.05, 3.63) is 70.4 Å². The van der Waals surface area contributed by atoms with E-state index >= 15 is 0 Å². The first kappa shape index (κ1) is 24.2. The molecular formula is C29H32N4O3S. The number of rotatable bonds is 9. The van der Waals surface area contributed by atoms with Crippen LogP contribution in [-0.2, 0) is 0 Å². The molecule has 2 aromatic carbocycles. The van der Waals surface area contributed by atoms with Crippen molar-refractivity contribution < 1.29 is 14.6 Å². The van der Waals surface area contributed by atoms with Crippen LogP contribution in [0, 0.1) is 5.92 Å². The molecule has 2 aromatic heterocycles. The second kappa shape index (κ2) is 10.7. The van der Waals surface area contributed by atoms with E-state index < -0.39 is 0 Å². The van der Waals surface area contributed by atoms with Gasteiger partial charge in [-0.3, -0.25) is 9.89 Å². The highest BCUT2D eigenvalue weighted by Crippen LogP contribution is 2.41. The molecule has 3 heterocycles. The van der Waals surface area contributed by atoms with Crippen LogP contribution in [0.1, 0.15) is 47.6 Å². The number of piperidine rings is 1. The Bertz CT molecular complexity index is 1340. The number of aliphatic hydroxyl groups is 1. The number of hydrogen-bond donors (Lipinski definition) is 3. The van der Waals surface area contributed by atoms with Crippen LogP contribution < -0.4 is 10.1 Å². The maximum atomic E-state index is 13.2. The van der Waals surface area contributed by atoms with Crippen LogP contribution in [0.4, 0.5) is 0 Å². The zero-order valence-corrected chi connectivity index (χ0v) is 21.5. The van der Waals surface area contributed by atoms with E-state index in [0.29, 0.717) is 11.5 Å². The Balaban J connectivity index is 1.16. The molecule has 4 aromatic rings. The quantitative estimate of drug-likeness (QED) is 0.291. The lowest BCUT2D eigenvalue weighted by molar-refractivity contribution is 0.0889. The SMILES string of the molecule is O=C(NC(c1ccsc1)C1CC1)c1ccc2[nH]nc(-c3ccc(OC4CCN(CCO)CC4)cc3)c2c1. The summed E-state index contributed by atoms with van der Waals surface area (Å²) in [6, 6.07) is 16.0. The highest BCUT2D eigenvalue weighted by molar-refractivity contribution is 7.08. The number of β-amino-alcohol motifs (C(OH)–C–C–N with tert-alkyl or cyclic N) is 1. The third-order valence-electron chi connectivity index (χ3n) is 7.49. The number of nitrogens with one attached hydrogen (secondary N) is 2. The molecular weight excluding hydrogens is 484 g/mol. The highest BCUT2D eigenvalue weighted by atomic mass is 32.1. The Morgan fingerprint density at radius 3 is 2.65 bits per heavy atom. The van der Waals surface area contributed by atoms with Crippen molar-refractivity contribution >= 4 is 28.1 Å². The summed E-state index contributed by atoms with van der Waals surface area (Å²) in [6.07, 6.45) is 4.44. The molecule has 0 spiro atoms. The molecule has 1 aliphatic heterocycles. The van der Waals surface area contributed by atoms with Gasteiger partial charge in [-0.25, -0.2) is 0 Å². The third kappa shape index (κ3) is 5.42. The number of likely N-dealkylation sites (tertiary alicyclic amines) is 1. The van der Waals surface area contributed by atoms with E-state index in [-0.39, 0.29) is 24.7 Å². The molecule has 1 unspecified atom stereocenters. The molecule has 2 fully saturated rings. The number of hydrogen-bond acceptors (Lipinski definition) is 6. The minimum atomic E-state index is -0.0501. The van der Waals surface area contributed by atoms with Crippen molar-refractivity contribution in [1.82, 2.24) is 20.4 Å². The summed E-state index contributed by atoms with van der Waals surface area (Å²) < 4.78 is 6.21. The van der Waals surface area contributed by atoms with Gasteiger partial charge in [-0.05, 0) is 96.5 Å². The average molecular weight is 517 g/mol. The third-order valence-corrected chi connectivity index (χ3v) is 8.19. The van der Waals surface area contributed by atoms with Crippen molar-refractivity contribution in [2.45, 2.75) is 37.8 Å². The number of thiophene rings is 1. The van der Waals surface area contributed by atoms with Gasteiger partial charge in [0.05, 0.1) is 23.9 Å². The second-order valence-corrected chi connectivity index (χ2v) is 10.9. The summed E-state index contributed by atoms with van der Waals surface area (Å²) in [6.45, 7) is 2.84. The maximum Gasteiger partial charge on any atom is 0.251 e. The topological polar surface area (TPSA) is 90.5 Å². The van der Waals surface area contributed by atoms with Gasteiger partial charge in [-0.2, -0.15) is 16.4 Å². The highest BCUT2D eigenvalue weighted by Gasteiger charge is 2.34. The minimum absolute atomic E-state index is 0.0501. The van der Waals surface area contributed by atoms with E-state index in [1.54, 1.807) is 11.3 Å². The number of fused-ring (bicyclic) bond motifs is 1. The lowest BCUT2D eigenvalue weighted by Gasteiger charge is -2.31. The molecule has 7 nitrogen and oxygen atoms in total. The van der Waals surface area contributed by atoms with E-state index in [0.717, 1.165) is 73.2 Å². The minimum Gasteiger partial charge on any atom is -0.490 e. The van der Waals surface area contributed by atoms with Gasteiger partial charge in [0.2, 0.25) is 0 Å². The number of benzene rings is 2. The lowest BCUT2D eigenvalue weighted by Crippen LogP contribution is -2.39. The van der Waals surface area contributed by atoms with Crippen LogP contribution in [-0.4, -0.2) is 58.5 Å². The van der Waals surface area contributed by atoms with Gasteiger partial charge >= 0.3 is 0 Å². The van der Waals surface area contributed by atoms with Crippen molar-refractivity contribution in [1.29, 1.82) is 0 Å². The zero-order valence-electron chi connectivity index (χ0n) is 20.7. The summed E-state index contributed by atoms with van der Waals surface area (Å²) >= 11 is 1.67. The maximum absolute atomic E-state index is 13.2. The van der Waals surface area contributed by atoms with Gasteiger partial charge in [0.1, 0.15) is 11.9 Å². The number of H-pyrrole nitrogens is 1. The number of ether oxygens (including phenoxy) is 1. The smallest absolute Gasteiger partial charge is 0.251 e. The predicted octanol–water partition coefficient (Wildman–Crippen LogP) is 5.01. The summed E-state index contributed by atoms with van der Waals surface area (Å²) in [5, 5.41) is 25.2. The fourth-order valence-electron chi connectivity index (χ4n) is 5.23. The number of amides is 1. The number of carbonyl (C=O) groups excluding carboxylic acids is 1. The molecule has 0 radical (unpaired) electrons. The molecule has 1 atom stereocenters. The lowest BCUT2D eigenvalue weighted by atomic mass is 10.0. The first-order valence-corrected chi connectivity index (χ1v) is 14.0. The summed E-state index contributed by atoms with van der Waals surface area (Å²) in [5.74, 6) is 1.33. The van der Waals surface area contributed by atoms with Gasteiger partial charge < -0.3 is 20.1 Å². The Morgan fingerprint density at radius 2 is 1.95 bits per heavy atom. The Morgan fingerprint density at radius 1 is 1.14 bits per heavy atom. The van der Waals surface area contributed by atoms with Crippen LogP contribution in [0.5, 0.6) is 5.75 Å². The number of aromatic nitrogens is 2. The molecule has 1 saturated heterocycles. The van der Waals surface area contributed by atoms with Gasteiger partial charge in [0, 0.05) is 36.1 Å². The van der Waals surface area contributed by atoms with Gasteiger partial charge in [-0.15, -0.1) is 0 Å². The molecule has 1 aliphatic carbocycles. The van der Waals surface area contributed by atoms with Crippen molar-refractivity contribution in [2.75, 3.05) is 26.2 Å². The molecule has 0 bridgehead atoms. The Hall–Kier alpha value is -3.20. The van der Waals surface area contributed by atoms with Crippen LogP contribution >= 0.6 is 11.3 Å². The second-order valence-electron chi connectivity index (χ2n) is 10.1. The normalized spacial score (nSPS) is 17.6. The molecule has 37 heavy (non-hydrogen) atoms. The first-order chi connectivity index (χ1) is 18.2. The van der Waals surface area contributed by atoms with E-state index in [2.05, 4.69) is 37.2 Å². The number of carbonyl (C=O) groups is 1. The van der Waals surface area contributed by atoms with Gasteiger partial charge in [0.25, 0.3) is 5.91 Å². The molecule has 6 rings (SSSR count). The number of aliphatic hydroxyl groups excluding tert-OH is 1. The predicted molar refractivity (Wildman–Crippen MR) is 146 cm³/mol. The van der Waals surface area contributed by atoms with Crippen LogP contribution in [0.2, 0.25) is 0 Å². The molecule has 8 heteroatoms. The van der Waals surface area contributed by atoms with E-state index in [1.807, 2.05) is 42.5 Å². The van der Waals surface area contributed by atoms with Crippen LogP contribution in [0.15, 0.2) is 59.3 Å². The zero-order chi connectivity index (χ0) is 25.2. The molecule has 2 aliphatic rings. The van der Waals surface area contributed by atoms with Crippen LogP contribution in [0.25, 0.3) is 22.2 Å². The first-order valence-electron chi connectivity index (χ1n) is 13.1. The summed E-state index contributed by atoms with van der Waals surface area (Å²) in [5.41, 5.74) is 4.54. The Kier molecular flexibility index (Phi) is 6.95. The fourth-order valence-corrected chi connectivity index (χ4v) is 5.93. The monoisotopic (exact) mass is 516 g/mol. The van der Waals surface area contributed by atoms with Crippen molar-refractivity contribution in [3.63, 3.8) is 0 Å². The van der Waals surface area contributed by atoms with E-state index in [9.17, 15) is 4.79 Å². The van der Waals surface area contributed by atoms with Crippen LogP contribution in [0.3, 0.4) is 0 Å². The summed E-state index contributed by atoms with van der Waals surface area (Å²) in [7, 11) is 0. The molecule has 1 amide bonds. The van der Waals surface area contributed by atoms with Crippen molar-refractivity contribution in [2.24, 2.45) is 5.92 Å². The number of nitrogens with zero attached hydrogens (tertiary/aromatic N) is 2. The summed E-state index contributed by atoms with van der Waals surface area (Å²) in [4.78, 5) is 15.5. The molecule has 192 valence electrons. The van der Waals surface area contributed by atoms with Gasteiger partial charge in [-0.1, -0.05) is 0 Å². The molecule has 3 N–H and O–H groups in total. The number of aromatic amines is 1. The standard InChI is InChI=1S/C29H32N4O3S/c34-15-14-33-12-9-24(10-13-33)36-23-6-3-20(4-7-23)28-25-17-21(5-8-26(25)31-32-28)29(35)30-27(19-1-2-19)22-11-16-37-18-22/h3-8,11,16-19,24,27,34H,1-2,9-10,12-15H2,(H,30,35)(H,31,32).